The number of urea groups is 1. The summed E-state index contributed by atoms with van der Waals surface area (Å²) < 4.78 is 20.3. The number of carbonyl (C=O) groups excluding carboxylic acids is 5. The number of likely N-dealkylation sites (tertiary alicyclic amines) is 1. The van der Waals surface area contributed by atoms with Gasteiger partial charge in [0, 0.05) is 63.3 Å². The van der Waals surface area contributed by atoms with Gasteiger partial charge in [-0.1, -0.05) is 54.6 Å². The zero-order chi connectivity index (χ0) is 42.7. The van der Waals surface area contributed by atoms with E-state index in [1.165, 1.54) is 28.5 Å². The van der Waals surface area contributed by atoms with Gasteiger partial charge in [-0.3, -0.25) is 34.3 Å². The summed E-state index contributed by atoms with van der Waals surface area (Å²) in [4.78, 5) is 68.6. The standard InChI is InChI=1S/C47H56FN7O6/c1-32(40-10-6-8-34-7-2-3-9-41(34)40)54-21-17-36(18-22-54)45(58)50-30-33-27-37(48)29-38(28-33)51-47(60)55-25-23-53(24-26-55)20-5-4-19-49-44(57)31-61-39-13-11-35(12-14-39)42-15-16-43(56)52-46(42)59/h2-3,6-14,27-29,32,36,42H,4-5,15-26,30-31H2,1H3,(H,49,57)(H,50,58)(H,51,60)(H,52,56,59)/t32-,42?/m1/s1. The first-order chi connectivity index (χ1) is 29.6. The van der Waals surface area contributed by atoms with Gasteiger partial charge in [0.15, 0.2) is 6.61 Å². The maximum atomic E-state index is 14.7. The molecule has 3 heterocycles. The molecule has 0 aliphatic carbocycles. The fourth-order valence-electron chi connectivity index (χ4n) is 8.59. The molecule has 322 valence electrons. The van der Waals surface area contributed by atoms with E-state index in [1.54, 1.807) is 35.2 Å². The van der Waals surface area contributed by atoms with E-state index >= 15 is 0 Å². The van der Waals surface area contributed by atoms with Crippen molar-refractivity contribution in [1.82, 2.24) is 30.7 Å². The normalized spacial score (nSPS) is 18.3. The lowest BCUT2D eigenvalue weighted by Crippen LogP contribution is -2.50. The largest absolute Gasteiger partial charge is 0.484 e. The first-order valence-corrected chi connectivity index (χ1v) is 21.5. The summed E-state index contributed by atoms with van der Waals surface area (Å²) in [7, 11) is 0. The topological polar surface area (TPSA) is 152 Å². The molecule has 4 aromatic rings. The number of fused-ring (bicyclic) bond motifs is 1. The average molecular weight is 834 g/mol. The minimum atomic E-state index is -0.482. The van der Waals surface area contributed by atoms with Crippen LogP contribution in [0, 0.1) is 11.7 Å². The van der Waals surface area contributed by atoms with Crippen LogP contribution in [0.3, 0.4) is 0 Å². The molecule has 0 spiro atoms. The van der Waals surface area contributed by atoms with Crippen molar-refractivity contribution in [3.8, 4) is 5.75 Å². The van der Waals surface area contributed by atoms with E-state index in [2.05, 4.69) is 80.5 Å². The molecule has 2 atom stereocenters. The molecule has 3 saturated heterocycles. The summed E-state index contributed by atoms with van der Waals surface area (Å²) in [6, 6.07) is 26.2. The molecule has 13 nitrogen and oxygen atoms in total. The number of piperidine rings is 2. The summed E-state index contributed by atoms with van der Waals surface area (Å²) >= 11 is 0. The van der Waals surface area contributed by atoms with Gasteiger partial charge < -0.3 is 25.6 Å². The monoisotopic (exact) mass is 833 g/mol. The minimum Gasteiger partial charge on any atom is -0.484 e. The van der Waals surface area contributed by atoms with E-state index in [-0.39, 0.29) is 60.7 Å². The summed E-state index contributed by atoms with van der Waals surface area (Å²) in [6.45, 7) is 7.76. The molecule has 0 aromatic heterocycles. The molecule has 14 heteroatoms. The number of amides is 6. The van der Waals surface area contributed by atoms with Gasteiger partial charge in [0.05, 0.1) is 5.92 Å². The Labute approximate surface area is 356 Å². The second kappa shape index (κ2) is 20.6. The predicted octanol–water partition coefficient (Wildman–Crippen LogP) is 5.71. The summed E-state index contributed by atoms with van der Waals surface area (Å²) in [5, 5.41) is 13.6. The fraction of sp³-hybridized carbons (Fsp3) is 0.426. The van der Waals surface area contributed by atoms with Crippen LogP contribution >= 0.6 is 0 Å². The number of halogens is 1. The Balaban J connectivity index is 0.754. The number of unbranched alkanes of at least 4 members (excludes halogenated alkanes) is 1. The maximum absolute atomic E-state index is 14.7. The van der Waals surface area contributed by atoms with E-state index in [1.807, 2.05) is 0 Å². The second-order valence-corrected chi connectivity index (χ2v) is 16.3. The molecule has 0 bridgehead atoms. The molecule has 7 rings (SSSR count). The number of imide groups is 1. The number of carbonyl (C=O) groups is 5. The number of benzene rings is 4. The minimum absolute atomic E-state index is 0.0332. The Morgan fingerprint density at radius 2 is 1.61 bits per heavy atom. The summed E-state index contributed by atoms with van der Waals surface area (Å²) in [5.74, 6) is -1.24. The molecule has 0 radical (unpaired) electrons. The van der Waals surface area contributed by atoms with Crippen LogP contribution in [0.1, 0.15) is 74.1 Å². The van der Waals surface area contributed by atoms with Crippen LogP contribution in [0.25, 0.3) is 10.8 Å². The molecular weight excluding hydrogens is 778 g/mol. The molecule has 61 heavy (non-hydrogen) atoms. The van der Waals surface area contributed by atoms with Gasteiger partial charge in [0.1, 0.15) is 11.6 Å². The van der Waals surface area contributed by atoms with E-state index in [0.717, 1.165) is 50.9 Å². The van der Waals surface area contributed by atoms with Crippen LogP contribution in [0.15, 0.2) is 84.9 Å². The molecule has 4 aromatic carbocycles. The SMILES string of the molecule is C[C@H](c1cccc2ccccc12)N1CCC(C(=O)NCc2cc(F)cc(NC(=O)N3CCN(CCCCNC(=O)COc4ccc(C5CCC(=O)NC5=O)cc4)CC3)c2)CC1. The number of nitrogens with one attached hydrogen (secondary N) is 4. The second-order valence-electron chi connectivity index (χ2n) is 16.3. The molecule has 3 aliphatic rings. The lowest BCUT2D eigenvalue weighted by atomic mass is 9.90. The van der Waals surface area contributed by atoms with Crippen molar-refractivity contribution in [3.05, 3.63) is 107 Å². The first kappa shape index (κ1) is 43.2. The highest BCUT2D eigenvalue weighted by Gasteiger charge is 2.29. The van der Waals surface area contributed by atoms with E-state index < -0.39 is 5.82 Å². The van der Waals surface area contributed by atoms with Crippen LogP contribution in [0.4, 0.5) is 14.9 Å². The lowest BCUT2D eigenvalue weighted by molar-refractivity contribution is -0.134. The Morgan fingerprint density at radius 3 is 2.38 bits per heavy atom. The van der Waals surface area contributed by atoms with E-state index in [9.17, 15) is 28.4 Å². The third-order valence-corrected chi connectivity index (χ3v) is 12.2. The zero-order valence-corrected chi connectivity index (χ0v) is 34.8. The zero-order valence-electron chi connectivity index (χ0n) is 34.8. The van der Waals surface area contributed by atoms with Gasteiger partial charge in [0.25, 0.3) is 5.91 Å². The third kappa shape index (κ3) is 11.7. The van der Waals surface area contributed by atoms with Gasteiger partial charge in [-0.15, -0.1) is 0 Å². The molecule has 3 aliphatic heterocycles. The molecule has 3 fully saturated rings. The maximum Gasteiger partial charge on any atom is 0.321 e. The van der Waals surface area contributed by atoms with E-state index in [0.29, 0.717) is 62.6 Å². The van der Waals surface area contributed by atoms with Crippen LogP contribution in [0.2, 0.25) is 0 Å². The highest BCUT2D eigenvalue weighted by Crippen LogP contribution is 2.32. The van der Waals surface area contributed by atoms with Crippen LogP contribution < -0.4 is 26.0 Å². The Morgan fingerprint density at radius 1 is 0.852 bits per heavy atom. The molecule has 1 unspecified atom stereocenters. The molecule has 0 saturated carbocycles. The number of rotatable bonds is 15. The van der Waals surface area contributed by atoms with Crippen molar-refractivity contribution in [2.75, 3.05) is 64.3 Å². The third-order valence-electron chi connectivity index (χ3n) is 12.2. The van der Waals surface area contributed by atoms with Crippen LogP contribution in [-0.2, 0) is 25.7 Å². The Bertz CT molecular complexity index is 2180. The average Bonchev–Trinajstić information content (AvgIpc) is 3.27. The van der Waals surface area contributed by atoms with Gasteiger partial charge in [0.2, 0.25) is 17.7 Å². The first-order valence-electron chi connectivity index (χ1n) is 21.5. The fourth-order valence-corrected chi connectivity index (χ4v) is 8.59. The molecular formula is C47H56FN7O6. The van der Waals surface area contributed by atoms with Crippen LogP contribution in [0.5, 0.6) is 5.75 Å². The van der Waals surface area contributed by atoms with Gasteiger partial charge >= 0.3 is 6.03 Å². The number of ether oxygens (including phenoxy) is 1. The van der Waals surface area contributed by atoms with Crippen molar-refractivity contribution < 1.29 is 33.1 Å². The number of piperazine rings is 1. The number of nitrogens with zero attached hydrogens (tertiary/aromatic N) is 3. The Kier molecular flexibility index (Phi) is 14.6. The number of anilines is 1. The van der Waals surface area contributed by atoms with Crippen molar-refractivity contribution in [1.29, 1.82) is 0 Å². The Hall–Kier alpha value is -5.86. The van der Waals surface area contributed by atoms with Crippen molar-refractivity contribution in [2.24, 2.45) is 5.92 Å². The van der Waals surface area contributed by atoms with Crippen molar-refractivity contribution in [2.45, 2.75) is 64.0 Å². The van der Waals surface area contributed by atoms with E-state index in [4.69, 9.17) is 4.74 Å². The molecule has 4 N–H and O–H groups in total. The van der Waals surface area contributed by atoms with Gasteiger partial charge in [-0.2, -0.15) is 0 Å². The smallest absolute Gasteiger partial charge is 0.321 e. The van der Waals surface area contributed by atoms with Gasteiger partial charge in [-0.05, 0) is 116 Å². The number of hydrogen-bond donors (Lipinski definition) is 4. The lowest BCUT2D eigenvalue weighted by Gasteiger charge is -2.36. The number of hydrogen-bond acceptors (Lipinski definition) is 8. The molecule has 6 amide bonds. The van der Waals surface area contributed by atoms with Crippen molar-refractivity contribution >= 4 is 46.1 Å². The summed E-state index contributed by atoms with van der Waals surface area (Å²) in [6.07, 6.45) is 3.96. The highest BCUT2D eigenvalue weighted by atomic mass is 19.1. The van der Waals surface area contributed by atoms with Crippen LogP contribution in [-0.4, -0.2) is 103 Å². The quantitative estimate of drug-likeness (QED) is 0.0879. The summed E-state index contributed by atoms with van der Waals surface area (Å²) in [5.41, 5.74) is 3.03. The highest BCUT2D eigenvalue weighted by molar-refractivity contribution is 6.01. The predicted molar refractivity (Wildman–Crippen MR) is 231 cm³/mol. The van der Waals surface area contributed by atoms with Gasteiger partial charge in [-0.25, -0.2) is 9.18 Å². The van der Waals surface area contributed by atoms with Crippen molar-refractivity contribution in [3.63, 3.8) is 0 Å².